The van der Waals surface area contributed by atoms with Gasteiger partial charge in [-0.15, -0.1) is 45.3 Å². The van der Waals surface area contributed by atoms with Crippen LogP contribution in [0.1, 0.15) is 67.2 Å². The van der Waals surface area contributed by atoms with Crippen LogP contribution in [-0.2, 0) is 65.0 Å². The number of hydrogen-bond donors (Lipinski definition) is 2. The number of nitrogens with one attached hydrogen (secondary N) is 2. The van der Waals surface area contributed by atoms with Crippen LogP contribution < -0.4 is 31.1 Å². The minimum absolute atomic E-state index is 0. The van der Waals surface area contributed by atoms with Crippen molar-refractivity contribution in [2.24, 2.45) is 35.5 Å². The van der Waals surface area contributed by atoms with Crippen LogP contribution in [0.15, 0.2) is 114 Å². The number of nitrogens with zero attached hydrogens (tertiary/aromatic N) is 4. The van der Waals surface area contributed by atoms with E-state index in [0.717, 1.165) is 83.9 Å². The Balaban J connectivity index is 0.000000286. The second kappa shape index (κ2) is 38.0. The molecule has 4 heterocycles. The molecule has 4 unspecified atom stereocenters. The first-order valence-corrected chi connectivity index (χ1v) is 32.9. The minimum atomic E-state index is -1.34. The molecule has 2 N–H and O–H groups in total. The van der Waals surface area contributed by atoms with Gasteiger partial charge >= 0.3 is 36.3 Å². The Morgan fingerprint density at radius 3 is 0.915 bits per heavy atom. The largest absolute Gasteiger partial charge is 2.00 e. The maximum atomic E-state index is 11.9. The zero-order chi connectivity index (χ0) is 58.1. The summed E-state index contributed by atoms with van der Waals surface area (Å²) in [5, 5.41) is 49.6. The zero-order valence-corrected chi connectivity index (χ0v) is 56.5. The van der Waals surface area contributed by atoms with Crippen molar-refractivity contribution in [3.63, 3.8) is 0 Å². The summed E-state index contributed by atoms with van der Waals surface area (Å²) in [6.45, 7) is 12.6. The van der Waals surface area contributed by atoms with Gasteiger partial charge in [0, 0.05) is 59.9 Å². The van der Waals surface area contributed by atoms with Crippen molar-refractivity contribution in [2.75, 3.05) is 36.1 Å². The number of carbonyl (C=O) groups is 6. The van der Waals surface area contributed by atoms with E-state index in [2.05, 4.69) is 30.6 Å². The molecule has 0 saturated carbocycles. The average Bonchev–Trinajstić information content (AvgIpc) is 4.25. The van der Waals surface area contributed by atoms with Crippen molar-refractivity contribution in [1.29, 1.82) is 0 Å². The topological polar surface area (TPSA) is 270 Å². The van der Waals surface area contributed by atoms with Crippen molar-refractivity contribution in [3.05, 3.63) is 97.1 Å². The molecule has 0 aliphatic heterocycles. The van der Waals surface area contributed by atoms with Crippen molar-refractivity contribution in [2.45, 2.75) is 84.6 Å². The zero-order valence-electron chi connectivity index (χ0n) is 46.0. The fourth-order valence-corrected chi connectivity index (χ4v) is 16.0. The average molecular weight is 1360 g/mol. The van der Waals surface area contributed by atoms with Gasteiger partial charge in [-0.25, -0.2) is 19.9 Å². The number of carboxylic acid groups (broad SMARTS) is 4. The van der Waals surface area contributed by atoms with E-state index in [0.29, 0.717) is 24.6 Å². The Morgan fingerprint density at radius 2 is 0.695 bits per heavy atom. The Hall–Kier alpha value is -4.21. The summed E-state index contributed by atoms with van der Waals surface area (Å²) in [5.41, 5.74) is 3.71. The first-order valence-electron chi connectivity index (χ1n) is 25.7. The molecular formula is C56H62CoN6O10S8Zn. The molecule has 26 heteroatoms. The predicted octanol–water partition coefficient (Wildman–Crippen LogP) is 8.16. The molecule has 435 valence electrons. The molecule has 4 atom stereocenters. The van der Waals surface area contributed by atoms with Crippen LogP contribution in [0.5, 0.6) is 0 Å². The smallest absolute Gasteiger partial charge is 0.550 e. The van der Waals surface area contributed by atoms with Crippen LogP contribution in [0.2, 0.25) is 0 Å². The molecule has 0 fully saturated rings. The molecule has 4 aromatic carbocycles. The molecule has 8 rings (SSSR count). The van der Waals surface area contributed by atoms with E-state index in [1.807, 2.05) is 139 Å². The van der Waals surface area contributed by atoms with Gasteiger partial charge in [-0.3, -0.25) is 9.59 Å². The number of carboxylic acids is 4. The molecular weight excluding hydrogens is 1300 g/mol. The Bertz CT molecular complexity index is 2940. The summed E-state index contributed by atoms with van der Waals surface area (Å²) in [7, 11) is 0. The summed E-state index contributed by atoms with van der Waals surface area (Å²) >= 11 is 11.7. The van der Waals surface area contributed by atoms with E-state index in [1.54, 1.807) is 22.7 Å². The molecule has 16 nitrogen and oxygen atoms in total. The summed E-state index contributed by atoms with van der Waals surface area (Å²) in [6.07, 6.45) is 3.54. The third kappa shape index (κ3) is 23.7. The maximum absolute atomic E-state index is 11.9. The molecule has 0 saturated heterocycles. The minimum Gasteiger partial charge on any atom is -0.550 e. The molecule has 4 aromatic heterocycles. The van der Waals surface area contributed by atoms with Gasteiger partial charge in [-0.1, -0.05) is 150 Å². The molecule has 0 bridgehead atoms. The van der Waals surface area contributed by atoms with Gasteiger partial charge in [0.25, 0.3) is 0 Å². The fourth-order valence-electron chi connectivity index (χ4n) is 6.87. The Morgan fingerprint density at radius 1 is 0.439 bits per heavy atom. The van der Waals surface area contributed by atoms with Gasteiger partial charge in [0.1, 0.15) is 0 Å². The molecule has 2 amide bonds. The first kappa shape index (κ1) is 72.1. The number of thiazole rings is 4. The van der Waals surface area contributed by atoms with Crippen molar-refractivity contribution in [1.82, 2.24) is 30.6 Å². The normalized spacial score (nSPS) is 12.3. The molecule has 0 aliphatic rings. The number of benzene rings is 4. The maximum Gasteiger partial charge on any atom is 2.00 e. The van der Waals surface area contributed by atoms with Crippen LogP contribution in [0.25, 0.3) is 40.9 Å². The second-order valence-corrected chi connectivity index (χ2v) is 27.6. The monoisotopic (exact) mass is 1360 g/mol. The standard InChI is InChI=1S/2C15H18N2O3S2.2C13H15NO2S2.Co.Zn/c2*1-2-3-8-16-13(18)10(14(19)20)9-21-15-17-11-6-4-5-7-12(11)22-15;2*1-8(2)9(12(15)16)7-17-13-14-10-5-3-4-6-11(10)18-13;;/h2*4-7,10H,2-3,8-9H2,1H3,(H,16,18)(H,19,20);2*3-6,8-9H,7H2,1-2H3,(H,15,16);;/q;;;;2*+2/p-4. The van der Waals surface area contributed by atoms with E-state index >= 15 is 0 Å². The van der Waals surface area contributed by atoms with Crippen LogP contribution in [-0.4, -0.2) is 91.7 Å². The molecule has 8 aromatic rings. The first-order chi connectivity index (χ1) is 38.4. The van der Waals surface area contributed by atoms with Gasteiger partial charge in [0.15, 0.2) is 17.4 Å². The number of thioether (sulfide) groups is 4. The number of aromatic nitrogens is 4. The van der Waals surface area contributed by atoms with E-state index in [-0.39, 0.29) is 59.6 Å². The van der Waals surface area contributed by atoms with Gasteiger partial charge in [-0.05, 0) is 73.2 Å². The summed E-state index contributed by atoms with van der Waals surface area (Å²) in [5.74, 6) is -7.34. The van der Waals surface area contributed by atoms with E-state index in [9.17, 15) is 49.2 Å². The van der Waals surface area contributed by atoms with Crippen LogP contribution in [0.3, 0.4) is 0 Å². The van der Waals surface area contributed by atoms with E-state index in [4.69, 9.17) is 0 Å². The number of aliphatic carboxylic acids is 4. The number of rotatable bonds is 26. The summed E-state index contributed by atoms with van der Waals surface area (Å²) < 4.78 is 7.71. The molecule has 0 spiro atoms. The fraction of sp³-hybridized carbons (Fsp3) is 0.393. The van der Waals surface area contributed by atoms with Crippen molar-refractivity contribution < 1.29 is 85.5 Å². The van der Waals surface area contributed by atoms with E-state index < -0.39 is 59.4 Å². The van der Waals surface area contributed by atoms with Crippen LogP contribution in [0, 0.1) is 35.5 Å². The molecule has 1 radical (unpaired) electrons. The predicted molar refractivity (Wildman–Crippen MR) is 321 cm³/mol. The molecule has 82 heavy (non-hydrogen) atoms. The second-order valence-electron chi connectivity index (χ2n) is 18.4. The van der Waals surface area contributed by atoms with Crippen molar-refractivity contribution >= 4 is 169 Å². The van der Waals surface area contributed by atoms with Crippen molar-refractivity contribution in [3.8, 4) is 0 Å². The van der Waals surface area contributed by atoms with Gasteiger partial charge in [0.2, 0.25) is 11.8 Å². The van der Waals surface area contributed by atoms with Gasteiger partial charge < -0.3 is 50.2 Å². The third-order valence-electron chi connectivity index (χ3n) is 11.7. The summed E-state index contributed by atoms with van der Waals surface area (Å²) in [4.78, 5) is 85.9. The number of carbonyl (C=O) groups excluding carboxylic acids is 6. The number of fused-ring (bicyclic) bond motifs is 4. The van der Waals surface area contributed by atoms with Crippen LogP contribution in [0.4, 0.5) is 0 Å². The summed E-state index contributed by atoms with van der Waals surface area (Å²) in [6, 6.07) is 31.3. The Kier molecular flexibility index (Phi) is 33.4. The van der Waals surface area contributed by atoms with E-state index in [1.165, 1.54) is 69.7 Å². The van der Waals surface area contributed by atoms with Gasteiger partial charge in [-0.2, -0.15) is 0 Å². The number of unbranched alkanes of at least 4 members (excludes halogenated alkanes) is 2. The number of hydrogen-bond acceptors (Lipinski definition) is 22. The molecule has 0 aliphatic carbocycles. The Labute approximate surface area is 533 Å². The SMILES string of the molecule is CC(C)C(CSc1nc2ccccc2s1)C(=O)[O-].CC(C)C(CSc1nc2ccccc2s1)C(=O)[O-].CCCCNC(=O)C(CSc1nc2ccccc2s1)C(=O)[O-].CCCCNC(=O)C(CSc1nc2ccccc2s1)C(=O)[O-].[Co+2].[Zn+2]. The van der Waals surface area contributed by atoms with Gasteiger partial charge in [0.05, 0.1) is 64.6 Å². The third-order valence-corrected chi connectivity index (χ3v) is 20.8. The quantitative estimate of drug-likeness (QED) is 0.0224. The number of amides is 2. The van der Waals surface area contributed by atoms with Crippen LogP contribution >= 0.6 is 92.4 Å². The number of para-hydroxylation sites is 4.